The van der Waals surface area contributed by atoms with E-state index in [1.54, 1.807) is 0 Å². The molecule has 0 aliphatic rings. The summed E-state index contributed by atoms with van der Waals surface area (Å²) in [6, 6.07) is 9.46. The number of aryl methyl sites for hydroxylation is 2. The molecule has 1 aromatic carbocycles. The van der Waals surface area contributed by atoms with Gasteiger partial charge in [-0.15, -0.1) is 0 Å². The maximum absolute atomic E-state index is 11.8. The normalized spacial score (nSPS) is 12.1. The SMILES string of the molecule is CCC(C)(C)C(=O)/C=C(\O)C(C)(C)CC.Cc1[c-]c(Oc2nccc3c(C(C)C)c[se]c23)cc(C)c1.[Ir]. The molecular formula is C31H42IrNO3Se-. The van der Waals surface area contributed by atoms with Gasteiger partial charge in [0.25, 0.3) is 0 Å². The van der Waals surface area contributed by atoms with E-state index in [4.69, 9.17) is 4.74 Å². The van der Waals surface area contributed by atoms with Crippen LogP contribution in [0, 0.1) is 30.7 Å². The number of aliphatic hydroxyl groups is 1. The second-order valence-electron chi connectivity index (χ2n) is 11.0. The van der Waals surface area contributed by atoms with Gasteiger partial charge in [0.15, 0.2) is 5.78 Å². The van der Waals surface area contributed by atoms with Gasteiger partial charge < -0.3 is 5.11 Å². The average molecular weight is 748 g/mol. The first-order chi connectivity index (χ1) is 16.7. The van der Waals surface area contributed by atoms with Crippen molar-refractivity contribution in [1.82, 2.24) is 4.98 Å². The van der Waals surface area contributed by atoms with Gasteiger partial charge in [0.2, 0.25) is 0 Å². The Hall–Kier alpha value is -1.71. The third-order valence-electron chi connectivity index (χ3n) is 6.83. The molecule has 37 heavy (non-hydrogen) atoms. The monoisotopic (exact) mass is 749 g/mol. The first-order valence-electron chi connectivity index (χ1n) is 12.7. The first kappa shape index (κ1) is 33.3. The first-order valence-corrected chi connectivity index (χ1v) is 14.6. The average Bonchev–Trinajstić information content (AvgIpc) is 3.24. The molecule has 0 atom stereocenters. The summed E-state index contributed by atoms with van der Waals surface area (Å²) in [7, 11) is 0. The van der Waals surface area contributed by atoms with E-state index in [0.29, 0.717) is 20.4 Å². The number of nitrogens with zero attached hydrogens (tertiary/aromatic N) is 1. The molecule has 3 aromatic rings. The molecule has 1 N–H and O–H groups in total. The van der Waals surface area contributed by atoms with E-state index in [1.165, 1.54) is 26.8 Å². The van der Waals surface area contributed by atoms with Crippen molar-refractivity contribution in [1.29, 1.82) is 0 Å². The van der Waals surface area contributed by atoms with Gasteiger partial charge in [0.1, 0.15) is 5.76 Å². The fourth-order valence-corrected chi connectivity index (χ4v) is 5.78. The third kappa shape index (κ3) is 8.92. The van der Waals surface area contributed by atoms with E-state index in [1.807, 2.05) is 60.7 Å². The summed E-state index contributed by atoms with van der Waals surface area (Å²) in [5, 5.41) is 11.2. The minimum Gasteiger partial charge on any atom is 0 e. The van der Waals surface area contributed by atoms with Gasteiger partial charge in [-0.2, -0.15) is 0 Å². The Morgan fingerprint density at radius 1 is 1.14 bits per heavy atom. The molecular weight excluding hydrogens is 706 g/mol. The van der Waals surface area contributed by atoms with E-state index in [-0.39, 0.29) is 42.5 Å². The minimum absolute atomic E-state index is 0. The molecule has 0 aliphatic heterocycles. The zero-order chi connectivity index (χ0) is 27.3. The minimum atomic E-state index is -0.377. The molecule has 0 fully saturated rings. The molecule has 0 saturated heterocycles. The Balaban J connectivity index is 0.000000384. The van der Waals surface area contributed by atoms with Gasteiger partial charge in [-0.25, -0.2) is 0 Å². The summed E-state index contributed by atoms with van der Waals surface area (Å²) in [5.41, 5.74) is 3.00. The van der Waals surface area contributed by atoms with Gasteiger partial charge in [0, 0.05) is 37.0 Å². The molecule has 0 bridgehead atoms. The molecule has 4 nitrogen and oxygen atoms in total. The van der Waals surface area contributed by atoms with Crippen molar-refractivity contribution in [2.75, 3.05) is 0 Å². The molecule has 2 aromatic heterocycles. The van der Waals surface area contributed by atoms with Crippen LogP contribution in [0.2, 0.25) is 0 Å². The number of hydrogen-bond acceptors (Lipinski definition) is 4. The Labute approximate surface area is 243 Å². The predicted octanol–water partition coefficient (Wildman–Crippen LogP) is 8.49. The van der Waals surface area contributed by atoms with Gasteiger partial charge in [-0.05, 0) is 12.8 Å². The smallest absolute Gasteiger partial charge is 0 e. The Kier molecular flexibility index (Phi) is 12.5. The summed E-state index contributed by atoms with van der Waals surface area (Å²) < 4.78 is 7.28. The molecule has 0 spiro atoms. The Morgan fingerprint density at radius 2 is 1.76 bits per heavy atom. The number of ether oxygens (including phenoxy) is 1. The number of fused-ring (bicyclic) bond motifs is 1. The fraction of sp³-hybridized carbons (Fsp3) is 0.484. The largest absolute Gasteiger partial charge is 0 e. The molecule has 6 heteroatoms. The number of benzene rings is 1. The number of aromatic nitrogens is 1. The summed E-state index contributed by atoms with van der Waals surface area (Å²) in [5.74, 6) is 2.22. The number of rotatable bonds is 8. The van der Waals surface area contributed by atoms with E-state index >= 15 is 0 Å². The van der Waals surface area contributed by atoms with Crippen molar-refractivity contribution in [2.24, 2.45) is 10.8 Å². The quantitative estimate of drug-likeness (QED) is 0.109. The Morgan fingerprint density at radius 3 is 2.30 bits per heavy atom. The topological polar surface area (TPSA) is 59.4 Å². The zero-order valence-corrected chi connectivity index (χ0v) is 28.0. The van der Waals surface area contributed by atoms with Crippen molar-refractivity contribution in [2.45, 2.75) is 88.0 Å². The van der Waals surface area contributed by atoms with Crippen molar-refractivity contribution < 1.29 is 34.7 Å². The molecule has 0 aliphatic carbocycles. The summed E-state index contributed by atoms with van der Waals surface area (Å²) >= 11 is 0.303. The molecule has 1 radical (unpaired) electrons. The van der Waals surface area contributed by atoms with Gasteiger partial charge >= 0.3 is 131 Å². The summed E-state index contributed by atoms with van der Waals surface area (Å²) in [6.45, 7) is 20.2. The predicted molar refractivity (Wildman–Crippen MR) is 151 cm³/mol. The second-order valence-corrected chi connectivity index (χ2v) is 12.9. The number of pyridine rings is 1. The number of aliphatic hydroxyl groups excluding tert-OH is 1. The van der Waals surface area contributed by atoms with Crippen LogP contribution in [0.15, 0.2) is 41.2 Å². The van der Waals surface area contributed by atoms with E-state index in [9.17, 15) is 9.90 Å². The second kappa shape index (κ2) is 13.9. The van der Waals surface area contributed by atoms with E-state index < -0.39 is 0 Å². The summed E-state index contributed by atoms with van der Waals surface area (Å²) in [6.07, 6.45) is 4.83. The maximum Gasteiger partial charge on any atom is 0 e. The molecule has 0 amide bonds. The maximum atomic E-state index is 11.8. The van der Waals surface area contributed by atoms with Crippen molar-refractivity contribution in [3.8, 4) is 11.6 Å². The van der Waals surface area contributed by atoms with Crippen LogP contribution >= 0.6 is 0 Å². The number of ketones is 1. The summed E-state index contributed by atoms with van der Waals surface area (Å²) in [4.78, 5) is 18.6. The van der Waals surface area contributed by atoms with E-state index in [0.717, 1.165) is 30.0 Å². The van der Waals surface area contributed by atoms with Crippen LogP contribution < -0.4 is 4.74 Å². The third-order valence-corrected chi connectivity index (χ3v) is 8.94. The van der Waals surface area contributed by atoms with Crippen LogP contribution in [-0.4, -0.2) is 30.4 Å². The van der Waals surface area contributed by atoms with Crippen LogP contribution in [0.3, 0.4) is 0 Å². The van der Waals surface area contributed by atoms with Crippen LogP contribution in [0.5, 0.6) is 11.6 Å². The molecule has 205 valence electrons. The molecule has 0 unspecified atom stereocenters. The van der Waals surface area contributed by atoms with Gasteiger partial charge in [0.05, 0.1) is 0 Å². The number of carbonyl (C=O) groups is 1. The molecule has 3 rings (SSSR count). The van der Waals surface area contributed by atoms with E-state index in [2.05, 4.69) is 48.9 Å². The van der Waals surface area contributed by atoms with Crippen LogP contribution in [0.25, 0.3) is 9.65 Å². The zero-order valence-electron chi connectivity index (χ0n) is 23.9. The molecule has 0 saturated carbocycles. The number of carbonyl (C=O) groups excluding carboxylic acids is 1. The standard InChI is InChI=1S/C18H18NOSe.C13H24O2.Ir/c1-11(2)16-10-21-17-15(16)5-6-19-18(17)20-14-8-12(3)7-13(4)9-14;1-7-12(3,4)10(14)9-11(15)13(5,6)8-2;/h5-8,10-11H,1-4H3;9,14H,7-8H2,1-6H3;/q-1;;/b;10-9-;. The Bertz CT molecular complexity index is 1200. The van der Waals surface area contributed by atoms with Crippen molar-refractivity contribution in [3.05, 3.63) is 63.9 Å². The molecule has 2 heterocycles. The van der Waals surface area contributed by atoms with Crippen LogP contribution in [0.4, 0.5) is 0 Å². The van der Waals surface area contributed by atoms with Gasteiger partial charge in [-0.1, -0.05) is 41.5 Å². The van der Waals surface area contributed by atoms with Crippen molar-refractivity contribution in [3.63, 3.8) is 0 Å². The number of hydrogen-bond donors (Lipinski definition) is 1. The van der Waals surface area contributed by atoms with Gasteiger partial charge in [-0.3, -0.25) is 4.79 Å². The van der Waals surface area contributed by atoms with Crippen LogP contribution in [-0.2, 0) is 24.9 Å². The van der Waals surface area contributed by atoms with Crippen LogP contribution in [0.1, 0.15) is 90.8 Å². The van der Waals surface area contributed by atoms with Crippen molar-refractivity contribution >= 4 is 29.9 Å². The fourth-order valence-electron chi connectivity index (χ4n) is 3.36. The number of allylic oxidation sites excluding steroid dienone is 2.